The van der Waals surface area contributed by atoms with E-state index < -0.39 is 18.2 Å². The minimum atomic E-state index is -1.07. The number of pyridine rings is 2. The lowest BCUT2D eigenvalue weighted by Crippen LogP contribution is -2.43. The molecule has 0 saturated carbocycles. The van der Waals surface area contributed by atoms with Crippen LogP contribution in [0.1, 0.15) is 5.69 Å². The van der Waals surface area contributed by atoms with Crippen molar-refractivity contribution in [2.45, 2.75) is 19.1 Å². The van der Waals surface area contributed by atoms with Gasteiger partial charge in [0.2, 0.25) is 0 Å². The molecule has 1 aliphatic heterocycles. The van der Waals surface area contributed by atoms with Gasteiger partial charge in [-0.2, -0.15) is 5.10 Å². The molecule has 140 valence electrons. The predicted octanol–water partition coefficient (Wildman–Crippen LogP) is 2.10. The molecule has 2 atom stereocenters. The number of aromatic nitrogens is 4. The van der Waals surface area contributed by atoms with E-state index in [1.165, 1.54) is 0 Å². The van der Waals surface area contributed by atoms with Gasteiger partial charge in [0, 0.05) is 48.2 Å². The average Bonchev–Trinajstić information content (AvgIpc) is 3.17. The molecule has 0 radical (unpaired) electrons. The zero-order chi connectivity index (χ0) is 19.0. The SMILES string of the molecule is Cc1cc(-c2n[nH]c3cc(NC(=O)N[C@H]4CN(C)C[C@H]4F)ncc23)ccn1. The second-order valence-corrected chi connectivity index (χ2v) is 6.82. The number of fused-ring (bicyclic) bond motifs is 1. The second kappa shape index (κ2) is 6.92. The van der Waals surface area contributed by atoms with Crippen molar-refractivity contribution in [3.8, 4) is 11.3 Å². The predicted molar refractivity (Wildman–Crippen MR) is 100 cm³/mol. The van der Waals surface area contributed by atoms with Crippen LogP contribution in [0.5, 0.6) is 0 Å². The molecule has 0 bridgehead atoms. The molecular formula is C18H20FN7O. The lowest BCUT2D eigenvalue weighted by Gasteiger charge is -2.14. The Morgan fingerprint density at radius 1 is 1.33 bits per heavy atom. The molecule has 8 nitrogen and oxygen atoms in total. The highest BCUT2D eigenvalue weighted by atomic mass is 19.1. The monoisotopic (exact) mass is 369 g/mol. The van der Waals surface area contributed by atoms with Crippen LogP contribution in [0.4, 0.5) is 15.0 Å². The lowest BCUT2D eigenvalue weighted by atomic mass is 10.1. The van der Waals surface area contributed by atoms with Gasteiger partial charge in [0.1, 0.15) is 17.7 Å². The van der Waals surface area contributed by atoms with Crippen LogP contribution in [0.2, 0.25) is 0 Å². The third-order valence-electron chi connectivity index (χ3n) is 4.61. The Balaban J connectivity index is 1.50. The van der Waals surface area contributed by atoms with Crippen molar-refractivity contribution in [1.29, 1.82) is 0 Å². The molecule has 9 heteroatoms. The summed E-state index contributed by atoms with van der Waals surface area (Å²) in [6.45, 7) is 2.72. The number of carbonyl (C=O) groups excluding carboxylic acids is 1. The molecule has 0 spiro atoms. The summed E-state index contributed by atoms with van der Waals surface area (Å²) in [7, 11) is 1.82. The Kier molecular flexibility index (Phi) is 4.44. The molecule has 3 aromatic heterocycles. The molecule has 4 rings (SSSR count). The summed E-state index contributed by atoms with van der Waals surface area (Å²) in [5.41, 5.74) is 3.35. The number of hydrogen-bond donors (Lipinski definition) is 3. The summed E-state index contributed by atoms with van der Waals surface area (Å²) in [6.07, 6.45) is 2.31. The van der Waals surface area contributed by atoms with E-state index in [-0.39, 0.29) is 0 Å². The maximum atomic E-state index is 13.8. The topological polar surface area (TPSA) is 98.8 Å². The third-order valence-corrected chi connectivity index (χ3v) is 4.61. The van der Waals surface area contributed by atoms with Crippen LogP contribution in [-0.2, 0) is 0 Å². The van der Waals surface area contributed by atoms with E-state index in [2.05, 4.69) is 30.8 Å². The van der Waals surface area contributed by atoms with Gasteiger partial charge in [-0.05, 0) is 26.1 Å². The van der Waals surface area contributed by atoms with Crippen LogP contribution in [0, 0.1) is 6.92 Å². The zero-order valence-corrected chi connectivity index (χ0v) is 15.0. The minimum Gasteiger partial charge on any atom is -0.331 e. The fourth-order valence-electron chi connectivity index (χ4n) is 3.30. The van der Waals surface area contributed by atoms with Crippen molar-refractivity contribution in [1.82, 2.24) is 30.4 Å². The van der Waals surface area contributed by atoms with Crippen LogP contribution >= 0.6 is 0 Å². The van der Waals surface area contributed by atoms with Gasteiger partial charge >= 0.3 is 6.03 Å². The molecule has 2 amide bonds. The highest BCUT2D eigenvalue weighted by Crippen LogP contribution is 2.27. The number of hydrogen-bond acceptors (Lipinski definition) is 5. The number of nitrogens with one attached hydrogen (secondary N) is 3. The highest BCUT2D eigenvalue weighted by Gasteiger charge is 2.31. The summed E-state index contributed by atoms with van der Waals surface area (Å²) in [5, 5.41) is 13.5. The van der Waals surface area contributed by atoms with Crippen LogP contribution < -0.4 is 10.6 Å². The zero-order valence-electron chi connectivity index (χ0n) is 15.0. The molecule has 3 aromatic rings. The fraction of sp³-hybridized carbons (Fsp3) is 0.333. The van der Waals surface area contributed by atoms with E-state index >= 15 is 0 Å². The smallest absolute Gasteiger partial charge is 0.320 e. The van der Waals surface area contributed by atoms with E-state index in [0.717, 1.165) is 27.9 Å². The van der Waals surface area contributed by atoms with E-state index in [9.17, 15) is 9.18 Å². The number of rotatable bonds is 3. The Bertz CT molecular complexity index is 989. The molecule has 1 aliphatic rings. The van der Waals surface area contributed by atoms with Crippen molar-refractivity contribution in [3.63, 3.8) is 0 Å². The van der Waals surface area contributed by atoms with Crippen LogP contribution in [-0.4, -0.2) is 63.4 Å². The molecular weight excluding hydrogens is 349 g/mol. The highest BCUT2D eigenvalue weighted by molar-refractivity contribution is 5.95. The molecule has 1 saturated heterocycles. The number of alkyl halides is 1. The number of likely N-dealkylation sites (N-methyl/N-ethyl adjacent to an activating group) is 1. The van der Waals surface area contributed by atoms with Gasteiger partial charge in [-0.25, -0.2) is 14.2 Å². The number of anilines is 1. The summed E-state index contributed by atoms with van der Waals surface area (Å²) in [5.74, 6) is 0.364. The standard InChI is InChI=1S/C18H20FN7O/c1-10-5-11(3-4-20-10)17-12-7-21-16(6-14(12)24-25-17)23-18(27)22-15-9-26(2)8-13(15)19/h3-7,13,15H,8-9H2,1-2H3,(H,24,25)(H2,21,22,23,27)/t13-,15+/m1/s1. The van der Waals surface area contributed by atoms with Crippen molar-refractivity contribution >= 4 is 22.8 Å². The lowest BCUT2D eigenvalue weighted by molar-refractivity contribution is 0.239. The minimum absolute atomic E-state index is 0.320. The first-order valence-electron chi connectivity index (χ1n) is 8.67. The quantitative estimate of drug-likeness (QED) is 0.657. The first-order valence-corrected chi connectivity index (χ1v) is 8.67. The summed E-state index contributed by atoms with van der Waals surface area (Å²) < 4.78 is 13.8. The number of H-pyrrole nitrogens is 1. The van der Waals surface area contributed by atoms with Gasteiger partial charge in [0.05, 0.1) is 11.6 Å². The number of halogens is 1. The average molecular weight is 369 g/mol. The fourth-order valence-corrected chi connectivity index (χ4v) is 3.30. The number of urea groups is 1. The second-order valence-electron chi connectivity index (χ2n) is 6.82. The number of carbonyl (C=O) groups is 1. The van der Waals surface area contributed by atoms with Gasteiger partial charge in [-0.3, -0.25) is 15.4 Å². The van der Waals surface area contributed by atoms with Crippen molar-refractivity contribution in [2.75, 3.05) is 25.5 Å². The maximum absolute atomic E-state index is 13.8. The molecule has 0 unspecified atom stereocenters. The summed E-state index contributed by atoms with van der Waals surface area (Å²) >= 11 is 0. The molecule has 3 N–H and O–H groups in total. The Labute approximate surface area is 155 Å². The van der Waals surface area contributed by atoms with Gasteiger partial charge in [0.15, 0.2) is 0 Å². The number of likely N-dealkylation sites (tertiary alicyclic amines) is 1. The third kappa shape index (κ3) is 3.59. The number of aromatic amines is 1. The number of nitrogens with zero attached hydrogens (tertiary/aromatic N) is 4. The van der Waals surface area contributed by atoms with E-state index in [0.29, 0.717) is 18.9 Å². The molecule has 1 fully saturated rings. The molecule has 4 heterocycles. The Morgan fingerprint density at radius 2 is 2.19 bits per heavy atom. The number of amides is 2. The van der Waals surface area contributed by atoms with Crippen molar-refractivity contribution in [3.05, 3.63) is 36.3 Å². The van der Waals surface area contributed by atoms with Gasteiger partial charge in [-0.15, -0.1) is 0 Å². The van der Waals surface area contributed by atoms with E-state index in [4.69, 9.17) is 0 Å². The van der Waals surface area contributed by atoms with Crippen LogP contribution in [0.15, 0.2) is 30.6 Å². The maximum Gasteiger partial charge on any atom is 0.320 e. The van der Waals surface area contributed by atoms with Gasteiger partial charge in [0.25, 0.3) is 0 Å². The van der Waals surface area contributed by atoms with Gasteiger partial charge < -0.3 is 10.2 Å². The first kappa shape index (κ1) is 17.3. The van der Waals surface area contributed by atoms with Crippen LogP contribution in [0.25, 0.3) is 22.2 Å². The Hall–Kier alpha value is -3.07. The summed E-state index contributed by atoms with van der Waals surface area (Å²) in [4.78, 5) is 22.5. The van der Waals surface area contributed by atoms with Crippen LogP contribution in [0.3, 0.4) is 0 Å². The normalized spacial score (nSPS) is 20.1. The largest absolute Gasteiger partial charge is 0.331 e. The van der Waals surface area contributed by atoms with Gasteiger partial charge in [-0.1, -0.05) is 0 Å². The Morgan fingerprint density at radius 3 is 2.93 bits per heavy atom. The molecule has 0 aliphatic carbocycles. The summed E-state index contributed by atoms with van der Waals surface area (Å²) in [6, 6.07) is 4.53. The number of aryl methyl sites for hydroxylation is 1. The molecule has 0 aromatic carbocycles. The van der Waals surface area contributed by atoms with E-state index in [1.807, 2.05) is 31.0 Å². The molecule has 27 heavy (non-hydrogen) atoms. The van der Waals surface area contributed by atoms with E-state index in [1.54, 1.807) is 18.5 Å². The van der Waals surface area contributed by atoms with Crippen molar-refractivity contribution < 1.29 is 9.18 Å². The first-order chi connectivity index (χ1) is 13.0. The van der Waals surface area contributed by atoms with Crippen molar-refractivity contribution in [2.24, 2.45) is 0 Å².